The van der Waals surface area contributed by atoms with Crippen LogP contribution in [0, 0.1) is 13.8 Å². The highest BCUT2D eigenvalue weighted by atomic mass is 35.5. The van der Waals surface area contributed by atoms with Gasteiger partial charge in [-0.05, 0) is 50.2 Å². The van der Waals surface area contributed by atoms with Crippen molar-refractivity contribution in [1.29, 1.82) is 0 Å². The van der Waals surface area contributed by atoms with E-state index in [9.17, 15) is 4.79 Å². The average molecular weight is 478 g/mol. The van der Waals surface area contributed by atoms with E-state index in [0.717, 1.165) is 52.7 Å². The number of hydrogen-bond acceptors (Lipinski definition) is 5. The third-order valence-corrected chi connectivity index (χ3v) is 7.83. The lowest BCUT2D eigenvalue weighted by Crippen LogP contribution is -2.46. The molecule has 0 radical (unpaired) electrons. The Labute approximate surface area is 196 Å². The van der Waals surface area contributed by atoms with Gasteiger partial charge in [-0.3, -0.25) is 9.69 Å². The van der Waals surface area contributed by atoms with Gasteiger partial charge in [0.05, 0.1) is 22.4 Å². The van der Waals surface area contributed by atoms with Gasteiger partial charge in [-0.2, -0.15) is 0 Å². The van der Waals surface area contributed by atoms with E-state index in [0.29, 0.717) is 10.0 Å². The Bertz CT molecular complexity index is 1070. The second-order valence-electron chi connectivity index (χ2n) is 7.84. The molecule has 1 saturated heterocycles. The number of rotatable bonds is 5. The zero-order chi connectivity index (χ0) is 22.1. The third-order valence-electron chi connectivity index (χ3n) is 5.86. The molecule has 1 fully saturated rings. The molecular weight excluding hydrogens is 453 g/mol. The summed E-state index contributed by atoms with van der Waals surface area (Å²) in [5.41, 5.74) is 3.17. The minimum absolute atomic E-state index is 0.114. The zero-order valence-electron chi connectivity index (χ0n) is 17.7. The van der Waals surface area contributed by atoms with E-state index in [-0.39, 0.29) is 17.7 Å². The van der Waals surface area contributed by atoms with E-state index in [1.54, 1.807) is 29.5 Å². The number of nitrogens with zero attached hydrogens (tertiary/aromatic N) is 2. The molecule has 0 aliphatic carbocycles. The summed E-state index contributed by atoms with van der Waals surface area (Å²) >= 11 is 14.7. The number of amides is 1. The Balaban J connectivity index is 1.81. The van der Waals surface area contributed by atoms with Crippen LogP contribution in [0.25, 0.3) is 0 Å². The number of benzene rings is 1. The van der Waals surface area contributed by atoms with Crippen molar-refractivity contribution < 1.29 is 9.21 Å². The van der Waals surface area contributed by atoms with Crippen LogP contribution in [-0.2, 0) is 0 Å². The number of thiophene rings is 1. The molecule has 5 nitrogen and oxygen atoms in total. The first-order valence-electron chi connectivity index (χ1n) is 10.2. The Hall–Kier alpha value is -1.83. The number of hydrogen-bond donors (Lipinski definition) is 1. The van der Waals surface area contributed by atoms with Crippen LogP contribution in [-0.4, -0.2) is 48.9 Å². The van der Waals surface area contributed by atoms with Crippen molar-refractivity contribution in [3.8, 4) is 0 Å². The molecule has 3 heterocycles. The maximum Gasteiger partial charge on any atom is 0.291 e. The highest BCUT2D eigenvalue weighted by Gasteiger charge is 2.32. The van der Waals surface area contributed by atoms with Crippen LogP contribution >= 0.6 is 34.5 Å². The first kappa shape index (κ1) is 22.4. The van der Waals surface area contributed by atoms with Gasteiger partial charge in [0.2, 0.25) is 0 Å². The van der Waals surface area contributed by atoms with Crippen molar-refractivity contribution in [2.75, 3.05) is 38.5 Å². The van der Waals surface area contributed by atoms with Crippen molar-refractivity contribution >= 4 is 45.4 Å². The predicted molar refractivity (Wildman–Crippen MR) is 128 cm³/mol. The number of carbonyl (C=O) groups is 1. The molecule has 1 aromatic carbocycles. The Morgan fingerprint density at radius 2 is 1.87 bits per heavy atom. The van der Waals surface area contributed by atoms with Gasteiger partial charge in [-0.1, -0.05) is 35.3 Å². The second kappa shape index (κ2) is 9.35. The number of furan rings is 1. The summed E-state index contributed by atoms with van der Waals surface area (Å²) in [4.78, 5) is 18.7. The Kier molecular flexibility index (Phi) is 6.74. The molecule has 2 aromatic heterocycles. The van der Waals surface area contributed by atoms with E-state index in [2.05, 4.69) is 36.0 Å². The molecule has 1 aliphatic heterocycles. The van der Waals surface area contributed by atoms with Gasteiger partial charge >= 0.3 is 0 Å². The third kappa shape index (κ3) is 4.54. The van der Waals surface area contributed by atoms with Gasteiger partial charge in [0, 0.05) is 36.6 Å². The monoisotopic (exact) mass is 477 g/mol. The van der Waals surface area contributed by atoms with Gasteiger partial charge in [0.15, 0.2) is 5.76 Å². The molecule has 8 heteroatoms. The highest BCUT2D eigenvalue weighted by Crippen LogP contribution is 2.45. The summed E-state index contributed by atoms with van der Waals surface area (Å²) in [6.45, 7) is 7.89. The molecule has 0 spiro atoms. The van der Waals surface area contributed by atoms with Crippen molar-refractivity contribution in [2.24, 2.45) is 0 Å². The van der Waals surface area contributed by atoms with E-state index >= 15 is 0 Å². The molecule has 1 aliphatic rings. The normalized spacial score (nSPS) is 16.4. The van der Waals surface area contributed by atoms with Crippen LogP contribution in [0.2, 0.25) is 10.0 Å². The number of anilines is 1. The van der Waals surface area contributed by atoms with Crippen molar-refractivity contribution in [3.63, 3.8) is 0 Å². The summed E-state index contributed by atoms with van der Waals surface area (Å²) in [5.74, 6) is 0.0217. The SMILES string of the molecule is Cc1sc(NC(=O)c2ccco2)c([C@@H](c2cccc(Cl)c2Cl)N2CCN(C)CC2)c1C. The van der Waals surface area contributed by atoms with E-state index in [1.165, 1.54) is 6.26 Å². The van der Waals surface area contributed by atoms with E-state index in [1.807, 2.05) is 12.1 Å². The van der Waals surface area contributed by atoms with Crippen molar-refractivity contribution in [3.05, 3.63) is 74.0 Å². The molecular formula is C23H25Cl2N3O2S. The fraction of sp³-hybridized carbons (Fsp3) is 0.348. The summed E-state index contributed by atoms with van der Waals surface area (Å²) in [6, 6.07) is 9.02. The topological polar surface area (TPSA) is 48.7 Å². The molecule has 1 amide bonds. The summed E-state index contributed by atoms with van der Waals surface area (Å²) < 4.78 is 5.29. The van der Waals surface area contributed by atoms with Crippen molar-refractivity contribution in [1.82, 2.24) is 9.80 Å². The maximum absolute atomic E-state index is 12.8. The predicted octanol–water partition coefficient (Wildman–Crippen LogP) is 5.85. The highest BCUT2D eigenvalue weighted by molar-refractivity contribution is 7.16. The van der Waals surface area contributed by atoms with Gasteiger partial charge in [-0.15, -0.1) is 11.3 Å². The Morgan fingerprint density at radius 3 is 2.55 bits per heavy atom. The number of aryl methyl sites for hydroxylation is 1. The molecule has 31 heavy (non-hydrogen) atoms. The second-order valence-corrected chi connectivity index (χ2v) is 9.85. The number of likely N-dealkylation sites (N-methyl/N-ethyl adjacent to an activating group) is 1. The van der Waals surface area contributed by atoms with Crippen LogP contribution in [0.4, 0.5) is 5.00 Å². The molecule has 0 saturated carbocycles. The van der Waals surface area contributed by atoms with Gasteiger partial charge in [-0.25, -0.2) is 0 Å². The van der Waals surface area contributed by atoms with E-state index < -0.39 is 0 Å². The van der Waals surface area contributed by atoms with Gasteiger partial charge in [0.25, 0.3) is 5.91 Å². The number of halogens is 2. The molecule has 4 rings (SSSR count). The minimum atomic E-state index is -0.262. The average Bonchev–Trinajstić information content (AvgIpc) is 3.37. The summed E-state index contributed by atoms with van der Waals surface area (Å²) in [6.07, 6.45) is 1.50. The minimum Gasteiger partial charge on any atom is -0.459 e. The fourth-order valence-electron chi connectivity index (χ4n) is 3.99. The number of nitrogens with one attached hydrogen (secondary N) is 1. The quantitative estimate of drug-likeness (QED) is 0.500. The van der Waals surface area contributed by atoms with Crippen molar-refractivity contribution in [2.45, 2.75) is 19.9 Å². The summed E-state index contributed by atoms with van der Waals surface area (Å²) in [5, 5.41) is 4.98. The van der Waals surface area contributed by atoms with Crippen LogP contribution in [0.1, 0.15) is 38.2 Å². The lowest BCUT2D eigenvalue weighted by Gasteiger charge is -2.39. The summed E-state index contributed by atoms with van der Waals surface area (Å²) in [7, 11) is 2.13. The standard InChI is InChI=1S/C23H25Cl2N3O2S/c1-14-15(2)31-23(26-22(29)18-8-5-13-30-18)19(14)21(28-11-9-27(3)10-12-28)16-6-4-7-17(24)20(16)25/h4-8,13,21H,9-12H2,1-3H3,(H,26,29)/t21-/m1/s1. The first-order valence-corrected chi connectivity index (χ1v) is 11.7. The van der Waals surface area contributed by atoms with E-state index in [4.69, 9.17) is 27.6 Å². The van der Waals surface area contributed by atoms with Gasteiger partial charge < -0.3 is 14.6 Å². The number of piperazine rings is 1. The first-order chi connectivity index (χ1) is 14.9. The lowest BCUT2D eigenvalue weighted by molar-refractivity contribution is 0.0996. The molecule has 164 valence electrons. The molecule has 0 unspecified atom stereocenters. The molecule has 3 aromatic rings. The van der Waals surface area contributed by atoms with Crippen LogP contribution in [0.3, 0.4) is 0 Å². The number of carbonyl (C=O) groups excluding carboxylic acids is 1. The fourth-order valence-corrected chi connectivity index (χ4v) is 5.48. The maximum atomic E-state index is 12.8. The largest absolute Gasteiger partial charge is 0.459 e. The smallest absolute Gasteiger partial charge is 0.291 e. The van der Waals surface area contributed by atoms with Crippen LogP contribution < -0.4 is 5.32 Å². The van der Waals surface area contributed by atoms with Crippen LogP contribution in [0.5, 0.6) is 0 Å². The van der Waals surface area contributed by atoms with Crippen LogP contribution in [0.15, 0.2) is 41.0 Å². The molecule has 1 atom stereocenters. The Morgan fingerprint density at radius 1 is 1.13 bits per heavy atom. The molecule has 1 N–H and O–H groups in total. The lowest BCUT2D eigenvalue weighted by atomic mass is 9.94. The molecule has 0 bridgehead atoms. The zero-order valence-corrected chi connectivity index (χ0v) is 20.1. The van der Waals surface area contributed by atoms with Gasteiger partial charge in [0.1, 0.15) is 5.00 Å².